The molecule has 0 saturated carbocycles. The summed E-state index contributed by atoms with van der Waals surface area (Å²) >= 11 is 13.0. The summed E-state index contributed by atoms with van der Waals surface area (Å²) in [5.41, 5.74) is 1.29. The quantitative estimate of drug-likeness (QED) is 0.832. The molecule has 1 aromatic heterocycles. The largest absolute Gasteiger partial charge is 0.242 e. The summed E-state index contributed by atoms with van der Waals surface area (Å²) in [7, 11) is -1.34. The highest BCUT2D eigenvalue weighted by Crippen LogP contribution is 2.29. The first kappa shape index (κ1) is 17.8. The van der Waals surface area contributed by atoms with E-state index in [1.165, 1.54) is 23.5 Å². The van der Waals surface area contributed by atoms with Crippen LogP contribution >= 0.6 is 34.5 Å². The number of aromatic nitrogens is 1. The Hall–Kier alpha value is -0.530. The molecule has 0 aliphatic rings. The molecule has 3 nitrogen and oxygen atoms in total. The molecule has 1 aromatic carbocycles. The monoisotopic (exact) mass is 380 g/mol. The molecule has 2 rings (SSSR count). The van der Waals surface area contributed by atoms with Crippen molar-refractivity contribution in [2.45, 2.75) is 31.6 Å². The van der Waals surface area contributed by atoms with Crippen LogP contribution in [0.15, 0.2) is 23.6 Å². The fraction of sp³-hybridized carbons (Fsp3) is 0.357. The summed E-state index contributed by atoms with van der Waals surface area (Å²) in [4.78, 5) is 4.22. The smallest absolute Gasteiger partial charge is 0.183 e. The van der Waals surface area contributed by atoms with Crippen LogP contribution in [0.4, 0.5) is 4.39 Å². The van der Waals surface area contributed by atoms with Crippen LogP contribution in [-0.4, -0.2) is 13.9 Å². The molecule has 0 bridgehead atoms. The predicted octanol–water partition coefficient (Wildman–Crippen LogP) is 4.73. The lowest BCUT2D eigenvalue weighted by Crippen LogP contribution is -2.36. The number of hydrogen-bond donors (Lipinski definition) is 1. The number of benzene rings is 1. The summed E-state index contributed by atoms with van der Waals surface area (Å²) in [6.07, 6.45) is 0. The van der Waals surface area contributed by atoms with Gasteiger partial charge in [-0.3, -0.25) is 0 Å². The average molecular weight is 381 g/mol. The third-order valence-corrected chi connectivity index (χ3v) is 5.70. The normalized spacial score (nSPS) is 14.8. The minimum atomic E-state index is -1.34. The van der Waals surface area contributed by atoms with Crippen molar-refractivity contribution in [1.29, 1.82) is 0 Å². The Morgan fingerprint density at radius 1 is 1.36 bits per heavy atom. The Bertz CT molecular complexity index is 700. The van der Waals surface area contributed by atoms with E-state index < -0.39 is 27.6 Å². The summed E-state index contributed by atoms with van der Waals surface area (Å²) < 4.78 is 28.7. The number of thiazole rings is 1. The van der Waals surface area contributed by atoms with Gasteiger partial charge in [-0.15, -0.1) is 11.3 Å². The Balaban J connectivity index is 2.41. The van der Waals surface area contributed by atoms with Crippen LogP contribution in [0.2, 0.25) is 9.49 Å². The van der Waals surface area contributed by atoms with E-state index in [4.69, 9.17) is 23.2 Å². The van der Waals surface area contributed by atoms with Gasteiger partial charge in [-0.05, 0) is 38.5 Å². The first-order chi connectivity index (χ1) is 10.2. The molecule has 0 aliphatic heterocycles. The summed E-state index contributed by atoms with van der Waals surface area (Å²) in [5.74, 6) is -0.502. The molecular formula is C14H15Cl2FN2OS2. The minimum absolute atomic E-state index is 0.00664. The summed E-state index contributed by atoms with van der Waals surface area (Å²) in [5, 5.41) is 1.78. The van der Waals surface area contributed by atoms with Crippen LogP contribution in [0.25, 0.3) is 0 Å². The minimum Gasteiger partial charge on any atom is -0.242 e. The average Bonchev–Trinajstić information content (AvgIpc) is 2.84. The molecule has 0 fully saturated rings. The highest BCUT2D eigenvalue weighted by atomic mass is 35.5. The second-order valence-electron chi connectivity index (χ2n) is 5.63. The maximum atomic E-state index is 13.4. The zero-order chi connectivity index (χ0) is 16.5. The lowest BCUT2D eigenvalue weighted by Gasteiger charge is -2.23. The molecule has 1 heterocycles. The maximum Gasteiger partial charge on any atom is 0.183 e. The standard InChI is InChI=1S/C14H15Cl2FN2OS2/c1-14(2,3)22(20)19-12(11-7-21-13(16)18-11)8-4-5-10(17)9(15)6-8/h4-7,12,19H,1-3H3/t12?,22-/m1/s1. The first-order valence-corrected chi connectivity index (χ1v) is 9.21. The van der Waals surface area contributed by atoms with E-state index in [1.54, 1.807) is 11.4 Å². The van der Waals surface area contributed by atoms with Crippen LogP contribution in [0.5, 0.6) is 0 Å². The fourth-order valence-electron chi connectivity index (χ4n) is 1.67. The Labute approximate surface area is 145 Å². The van der Waals surface area contributed by atoms with Crippen molar-refractivity contribution >= 4 is 45.5 Å². The third kappa shape index (κ3) is 4.26. The highest BCUT2D eigenvalue weighted by molar-refractivity contribution is 7.84. The number of rotatable bonds is 4. The van der Waals surface area contributed by atoms with E-state index in [-0.39, 0.29) is 5.02 Å². The molecule has 1 unspecified atom stereocenters. The van der Waals surface area contributed by atoms with Crippen molar-refractivity contribution < 1.29 is 8.60 Å². The van der Waals surface area contributed by atoms with Crippen molar-refractivity contribution in [3.63, 3.8) is 0 Å². The lowest BCUT2D eigenvalue weighted by atomic mass is 10.1. The topological polar surface area (TPSA) is 42.0 Å². The van der Waals surface area contributed by atoms with E-state index >= 15 is 0 Å². The molecule has 8 heteroatoms. The van der Waals surface area contributed by atoms with Crippen molar-refractivity contribution in [3.8, 4) is 0 Å². The second kappa shape index (κ2) is 6.93. The zero-order valence-corrected chi connectivity index (χ0v) is 15.3. The second-order valence-corrected chi connectivity index (χ2v) is 9.48. The van der Waals surface area contributed by atoms with Crippen LogP contribution in [0.3, 0.4) is 0 Å². The molecule has 22 heavy (non-hydrogen) atoms. The van der Waals surface area contributed by atoms with Crippen LogP contribution in [0.1, 0.15) is 38.1 Å². The van der Waals surface area contributed by atoms with Gasteiger partial charge in [0.2, 0.25) is 0 Å². The van der Waals surface area contributed by atoms with Crippen LogP contribution in [-0.2, 0) is 11.0 Å². The van der Waals surface area contributed by atoms with Gasteiger partial charge in [0.15, 0.2) is 4.47 Å². The van der Waals surface area contributed by atoms with E-state index in [2.05, 4.69) is 9.71 Å². The number of hydrogen-bond acceptors (Lipinski definition) is 3. The highest BCUT2D eigenvalue weighted by Gasteiger charge is 2.26. The van der Waals surface area contributed by atoms with Gasteiger partial charge in [0, 0.05) is 5.38 Å². The predicted molar refractivity (Wildman–Crippen MR) is 91.4 cm³/mol. The van der Waals surface area contributed by atoms with E-state index in [1.807, 2.05) is 20.8 Å². The molecular weight excluding hydrogens is 366 g/mol. The molecule has 0 aliphatic carbocycles. The third-order valence-electron chi connectivity index (χ3n) is 2.85. The molecule has 0 amide bonds. The molecule has 0 saturated heterocycles. The zero-order valence-electron chi connectivity index (χ0n) is 12.2. The number of nitrogens with one attached hydrogen (secondary N) is 1. The van der Waals surface area contributed by atoms with Gasteiger partial charge >= 0.3 is 0 Å². The number of nitrogens with zero attached hydrogens (tertiary/aromatic N) is 1. The van der Waals surface area contributed by atoms with Gasteiger partial charge in [-0.2, -0.15) is 0 Å². The Kier molecular flexibility index (Phi) is 5.61. The van der Waals surface area contributed by atoms with E-state index in [0.29, 0.717) is 15.7 Å². The first-order valence-electron chi connectivity index (χ1n) is 6.42. The van der Waals surface area contributed by atoms with Crippen molar-refractivity contribution in [1.82, 2.24) is 9.71 Å². The SMILES string of the molecule is CC(C)(C)[S@@](=O)NC(c1ccc(F)c(Cl)c1)c1csc(Cl)n1. The van der Waals surface area contributed by atoms with Crippen LogP contribution in [0, 0.1) is 5.82 Å². The van der Waals surface area contributed by atoms with Crippen molar-refractivity contribution in [3.05, 3.63) is 50.1 Å². The van der Waals surface area contributed by atoms with Gasteiger partial charge in [0.25, 0.3) is 0 Å². The fourth-order valence-corrected chi connectivity index (χ4v) is 3.48. The van der Waals surface area contributed by atoms with Crippen LogP contribution < -0.4 is 4.72 Å². The molecule has 2 atom stereocenters. The number of halogens is 3. The van der Waals surface area contributed by atoms with Crippen molar-refractivity contribution in [2.24, 2.45) is 0 Å². The van der Waals surface area contributed by atoms with Gasteiger partial charge in [0.05, 0.1) is 32.5 Å². The van der Waals surface area contributed by atoms with Gasteiger partial charge in [-0.1, -0.05) is 29.3 Å². The molecule has 0 radical (unpaired) electrons. The summed E-state index contributed by atoms with van der Waals surface area (Å²) in [6, 6.07) is 3.88. The maximum absolute atomic E-state index is 13.4. The van der Waals surface area contributed by atoms with E-state index in [0.717, 1.165) is 0 Å². The Morgan fingerprint density at radius 2 is 2.05 bits per heavy atom. The van der Waals surface area contributed by atoms with Gasteiger partial charge in [0.1, 0.15) is 5.82 Å². The molecule has 120 valence electrons. The molecule has 2 aromatic rings. The van der Waals surface area contributed by atoms with Gasteiger partial charge in [-0.25, -0.2) is 18.3 Å². The van der Waals surface area contributed by atoms with Gasteiger partial charge < -0.3 is 0 Å². The van der Waals surface area contributed by atoms with E-state index in [9.17, 15) is 8.60 Å². The van der Waals surface area contributed by atoms with Crippen molar-refractivity contribution in [2.75, 3.05) is 0 Å². The lowest BCUT2D eigenvalue weighted by molar-refractivity contribution is 0.616. The summed E-state index contributed by atoms with van der Waals surface area (Å²) in [6.45, 7) is 5.58. The molecule has 1 N–H and O–H groups in total. The molecule has 0 spiro atoms. The Morgan fingerprint density at radius 3 is 2.55 bits per heavy atom.